The maximum atomic E-state index is 6.01. The molecule has 6 nitrogen and oxygen atoms in total. The Morgan fingerprint density at radius 1 is 0.449 bits per heavy atom. The highest BCUT2D eigenvalue weighted by Gasteiger charge is 2.14. The topological polar surface area (TPSA) is 80.0 Å². The Morgan fingerprint density at radius 2 is 0.826 bits per heavy atom. The highest BCUT2D eigenvalue weighted by Crippen LogP contribution is 2.31. The van der Waals surface area contributed by atoms with Gasteiger partial charge in [0.25, 0.3) is 0 Å². The fourth-order valence-electron chi connectivity index (χ4n) is 6.45. The number of rotatable bonds is 12. The quantitative estimate of drug-likeness (QED) is 0.119. The van der Waals surface area contributed by atoms with Gasteiger partial charge in [-0.3, -0.25) is 0 Å². The molecule has 10 rings (SSSR count). The molecule has 3 N–H and O–H groups in total. The Hall–Kier alpha value is -5.82. The van der Waals surface area contributed by atoms with E-state index >= 15 is 0 Å². The first kappa shape index (κ1) is 52.5. The molecule has 13 heteroatoms. The second-order valence-corrected chi connectivity index (χ2v) is 19.4. The Morgan fingerprint density at radius 3 is 1.23 bits per heavy atom. The van der Waals surface area contributed by atoms with Gasteiger partial charge >= 0.3 is 0 Å². The minimum Gasteiger partial charge on any atom is -0.375 e. The molecule has 0 amide bonds. The Labute approximate surface area is 441 Å². The van der Waals surface area contributed by atoms with Crippen LogP contribution in [0.25, 0.3) is 33.8 Å². The number of nitrogens with two attached hydrogens (primary N) is 1. The predicted molar refractivity (Wildman–Crippen MR) is 304 cm³/mol. The average molecular weight is 1090 g/mol. The van der Waals surface area contributed by atoms with Crippen LogP contribution in [0.3, 0.4) is 0 Å². The van der Waals surface area contributed by atoms with Crippen molar-refractivity contribution in [2.45, 2.75) is 32.4 Å². The maximum Gasteiger partial charge on any atom is 0.186 e. The molecule has 0 aliphatic heterocycles. The van der Waals surface area contributed by atoms with Crippen LogP contribution in [-0.2, 0) is 25.0 Å². The number of nitrogens with one attached hydrogen (secondary N) is 1. The average Bonchev–Trinajstić information content (AvgIpc) is 4.18. The second-order valence-electron chi connectivity index (χ2n) is 14.9. The van der Waals surface area contributed by atoms with Gasteiger partial charge in [0, 0.05) is 72.9 Å². The highest BCUT2D eigenvalue weighted by molar-refractivity contribution is 9.08. The molecule has 0 fully saturated rings. The minimum atomic E-state index is 0. The van der Waals surface area contributed by atoms with Crippen molar-refractivity contribution in [1.82, 2.24) is 15.0 Å². The summed E-state index contributed by atoms with van der Waals surface area (Å²) in [6, 6.07) is 64.7. The molecule has 3 aromatic heterocycles. The fourth-order valence-corrected chi connectivity index (χ4v) is 9.33. The van der Waals surface area contributed by atoms with Gasteiger partial charge in [-0.05, 0) is 58.7 Å². The number of alkyl halides is 1. The van der Waals surface area contributed by atoms with Crippen LogP contribution in [0.1, 0.15) is 29.7 Å². The third-order valence-corrected chi connectivity index (χ3v) is 13.7. The molecule has 10 aromatic rings. The highest BCUT2D eigenvalue weighted by atomic mass is 79.9. The van der Waals surface area contributed by atoms with Gasteiger partial charge in [-0.15, -0.1) is 34.0 Å². The number of benzene rings is 7. The van der Waals surface area contributed by atoms with Crippen molar-refractivity contribution in [3.63, 3.8) is 0 Å². The summed E-state index contributed by atoms with van der Waals surface area (Å²) in [6.07, 6.45) is 0. The first-order valence-corrected chi connectivity index (χ1v) is 26.3. The summed E-state index contributed by atoms with van der Waals surface area (Å²) in [5.41, 5.74) is 16.7. The molecule has 0 bridgehead atoms. The number of hydrogen-bond donors (Lipinski definition) is 2. The van der Waals surface area contributed by atoms with E-state index in [1.165, 1.54) is 33.6 Å². The number of hydrogen-bond acceptors (Lipinski definition) is 9. The lowest BCUT2D eigenvalue weighted by Crippen LogP contribution is -2.21. The molecule has 0 saturated carbocycles. The van der Waals surface area contributed by atoms with E-state index in [9.17, 15) is 0 Å². The molecule has 0 atom stereocenters. The number of thiazole rings is 3. The zero-order chi connectivity index (χ0) is 47.3. The van der Waals surface area contributed by atoms with E-state index in [0.29, 0.717) is 5.13 Å². The lowest BCUT2D eigenvalue weighted by Gasteiger charge is -2.22. The van der Waals surface area contributed by atoms with Crippen LogP contribution in [-0.4, -0.2) is 15.0 Å². The molecule has 3 heterocycles. The van der Waals surface area contributed by atoms with Crippen molar-refractivity contribution in [1.29, 1.82) is 0 Å². The van der Waals surface area contributed by atoms with Gasteiger partial charge in [0.05, 0.1) is 17.1 Å². The van der Waals surface area contributed by atoms with Crippen molar-refractivity contribution < 1.29 is 0 Å². The van der Waals surface area contributed by atoms with E-state index < -0.39 is 0 Å². The summed E-state index contributed by atoms with van der Waals surface area (Å²) in [5.74, 6) is 0. The summed E-state index contributed by atoms with van der Waals surface area (Å²) in [7, 11) is 0. The summed E-state index contributed by atoms with van der Waals surface area (Å²) < 4.78 is 0. The van der Waals surface area contributed by atoms with E-state index in [2.05, 4.69) is 120 Å². The third-order valence-electron chi connectivity index (χ3n) is 9.92. The van der Waals surface area contributed by atoms with Crippen LogP contribution in [0.15, 0.2) is 210 Å². The van der Waals surface area contributed by atoms with Crippen LogP contribution >= 0.6 is 84.7 Å². The smallest absolute Gasteiger partial charge is 0.186 e. The number of nitrogens with zero attached hydrogens (tertiary/aromatic N) is 4. The van der Waals surface area contributed by atoms with E-state index in [0.717, 1.165) is 84.1 Å². The SMILES string of the molecule is BrCc1ccccc1.C.Clc1ccc(-c2csc(N(Cc3ccccc3)Cc3ccccc3)n2)cc1.Clc1ccc(-c2csc(NCc3ccccc3)n2)cc1.Nc1nc(-c2ccc(Cl)cc2)cs1. The van der Waals surface area contributed by atoms with Crippen LogP contribution in [0, 0.1) is 0 Å². The van der Waals surface area contributed by atoms with Gasteiger partial charge in [0.15, 0.2) is 15.4 Å². The second kappa shape index (κ2) is 28.0. The molecule has 0 spiro atoms. The van der Waals surface area contributed by atoms with E-state index in [1.54, 1.807) is 22.7 Å². The van der Waals surface area contributed by atoms with E-state index in [4.69, 9.17) is 45.5 Å². The van der Waals surface area contributed by atoms with Crippen LogP contribution < -0.4 is 16.0 Å². The van der Waals surface area contributed by atoms with E-state index in [1.807, 2.05) is 127 Å². The summed E-state index contributed by atoms with van der Waals surface area (Å²) in [6.45, 7) is 2.43. The van der Waals surface area contributed by atoms with Crippen LogP contribution in [0.4, 0.5) is 15.4 Å². The first-order valence-electron chi connectivity index (χ1n) is 21.4. The van der Waals surface area contributed by atoms with Crippen molar-refractivity contribution in [2.75, 3.05) is 16.0 Å². The molecular weight excluding hydrogens is 1040 g/mol. The normalized spacial score (nSPS) is 10.2. The minimum absolute atomic E-state index is 0. The van der Waals surface area contributed by atoms with Crippen LogP contribution in [0.2, 0.25) is 15.1 Å². The van der Waals surface area contributed by atoms with Gasteiger partial charge in [0.2, 0.25) is 0 Å². The fraction of sp³-hybridized carbons (Fsp3) is 0.0893. The zero-order valence-corrected chi connectivity index (χ0v) is 42.9. The predicted octanol–water partition coefficient (Wildman–Crippen LogP) is 18.0. The number of anilines is 3. The van der Waals surface area contributed by atoms with Gasteiger partial charge in [-0.1, -0.05) is 216 Å². The first-order chi connectivity index (χ1) is 33.3. The zero-order valence-electron chi connectivity index (χ0n) is 36.6. The Balaban J connectivity index is 0.000000163. The van der Waals surface area contributed by atoms with Gasteiger partial charge in [-0.2, -0.15) is 0 Å². The van der Waals surface area contributed by atoms with Crippen molar-refractivity contribution in [3.8, 4) is 33.8 Å². The molecule has 0 unspecified atom stereocenters. The van der Waals surface area contributed by atoms with Gasteiger partial charge in [0.1, 0.15) is 0 Å². The molecular formula is C56H50BrCl3N6S3. The van der Waals surface area contributed by atoms with E-state index in [-0.39, 0.29) is 7.43 Å². The molecule has 7 aromatic carbocycles. The summed E-state index contributed by atoms with van der Waals surface area (Å²) in [5, 5.41) is 15.1. The Bertz CT molecular complexity index is 2930. The van der Waals surface area contributed by atoms with Crippen molar-refractivity contribution >= 4 is 100 Å². The number of aromatic nitrogens is 3. The maximum absolute atomic E-state index is 6.01. The monoisotopic (exact) mass is 1090 g/mol. The summed E-state index contributed by atoms with van der Waals surface area (Å²) >= 11 is 25.7. The Kier molecular flexibility index (Phi) is 21.3. The number of halogens is 4. The largest absolute Gasteiger partial charge is 0.375 e. The molecule has 0 saturated heterocycles. The van der Waals surface area contributed by atoms with Gasteiger partial charge < -0.3 is 16.0 Å². The third kappa shape index (κ3) is 17.3. The molecule has 0 radical (unpaired) electrons. The lowest BCUT2D eigenvalue weighted by molar-refractivity contribution is 0.795. The summed E-state index contributed by atoms with van der Waals surface area (Å²) in [4.78, 5) is 16.0. The van der Waals surface area contributed by atoms with Crippen LogP contribution in [0.5, 0.6) is 0 Å². The number of nitrogen functional groups attached to an aromatic ring is 1. The van der Waals surface area contributed by atoms with Crippen molar-refractivity contribution in [3.05, 3.63) is 248 Å². The van der Waals surface area contributed by atoms with Crippen molar-refractivity contribution in [2.24, 2.45) is 0 Å². The lowest BCUT2D eigenvalue weighted by atomic mass is 10.2. The standard InChI is InChI=1S/C23H19ClN2S.C16H13ClN2S.C9H7ClN2S.C7H7Br.CH4/c24-21-13-11-20(12-14-21)22-17-27-23(25-22)26(15-18-7-3-1-4-8-18)16-19-9-5-2-6-10-19;17-14-8-6-13(7-9-14)15-11-20-16(19-15)18-10-12-4-2-1-3-5-12;10-7-3-1-6(2-4-7)8-5-13-9(11)12-8;8-6-7-4-2-1-3-5-7;/h1-14,17H,15-16H2;1-9,11H,10H2,(H,18,19);1-5H,(H2,11,12);1-5H,6H2;1H4. The molecule has 0 aliphatic carbocycles. The molecule has 350 valence electrons. The van der Waals surface area contributed by atoms with Gasteiger partial charge in [-0.25, -0.2) is 15.0 Å². The molecule has 0 aliphatic rings. The molecule has 69 heavy (non-hydrogen) atoms.